The minimum atomic E-state index is 0.113. The van der Waals surface area contributed by atoms with Gasteiger partial charge in [0, 0.05) is 19.0 Å². The van der Waals surface area contributed by atoms with Crippen molar-refractivity contribution in [3.8, 4) is 0 Å². The predicted octanol–water partition coefficient (Wildman–Crippen LogP) is 0.120. The van der Waals surface area contributed by atoms with E-state index in [1.165, 1.54) is 0 Å². The zero-order valence-corrected chi connectivity index (χ0v) is 6.90. The van der Waals surface area contributed by atoms with E-state index in [4.69, 9.17) is 0 Å². The van der Waals surface area contributed by atoms with Gasteiger partial charge in [-0.05, 0) is 14.0 Å². The molecule has 0 aromatic rings. The second-order valence-electron chi connectivity index (χ2n) is 2.35. The van der Waals surface area contributed by atoms with E-state index in [1.807, 2.05) is 20.9 Å². The first-order valence-electron chi connectivity index (χ1n) is 3.64. The van der Waals surface area contributed by atoms with Gasteiger partial charge < -0.3 is 10.6 Å². The van der Waals surface area contributed by atoms with Gasteiger partial charge >= 0.3 is 0 Å². The monoisotopic (exact) mass is 144 g/mol. The van der Waals surface area contributed by atoms with Gasteiger partial charge in [-0.2, -0.15) is 0 Å². The average Bonchev–Trinajstić information content (AvgIpc) is 1.99. The van der Waals surface area contributed by atoms with Crippen molar-refractivity contribution in [3.63, 3.8) is 0 Å². The van der Waals surface area contributed by atoms with E-state index in [2.05, 4.69) is 10.6 Å². The van der Waals surface area contributed by atoms with Gasteiger partial charge in [0.1, 0.15) is 0 Å². The van der Waals surface area contributed by atoms with Crippen molar-refractivity contribution in [3.05, 3.63) is 0 Å². The van der Waals surface area contributed by atoms with E-state index in [-0.39, 0.29) is 5.91 Å². The van der Waals surface area contributed by atoms with Gasteiger partial charge in [-0.3, -0.25) is 4.79 Å². The summed E-state index contributed by atoms with van der Waals surface area (Å²) >= 11 is 0. The average molecular weight is 144 g/mol. The molecule has 2 N–H and O–H groups in total. The van der Waals surface area contributed by atoms with Crippen LogP contribution in [0.5, 0.6) is 0 Å². The topological polar surface area (TPSA) is 41.1 Å². The zero-order chi connectivity index (χ0) is 7.98. The quantitative estimate of drug-likeness (QED) is 0.588. The first-order valence-corrected chi connectivity index (χ1v) is 3.64. The third-order valence-electron chi connectivity index (χ3n) is 1.42. The highest BCUT2D eigenvalue weighted by molar-refractivity contribution is 5.75. The Morgan fingerprint density at radius 2 is 2.20 bits per heavy atom. The molecule has 0 bridgehead atoms. The fourth-order valence-electron chi connectivity index (χ4n) is 0.494. The van der Waals surface area contributed by atoms with Crippen molar-refractivity contribution in [2.75, 3.05) is 13.6 Å². The van der Waals surface area contributed by atoms with Gasteiger partial charge in [0.05, 0.1) is 0 Å². The van der Waals surface area contributed by atoms with E-state index in [0.29, 0.717) is 19.0 Å². The maximum Gasteiger partial charge on any atom is 0.219 e. The summed E-state index contributed by atoms with van der Waals surface area (Å²) in [6, 6.07) is 0.357. The molecule has 0 aliphatic carbocycles. The van der Waals surface area contributed by atoms with E-state index in [9.17, 15) is 4.79 Å². The highest BCUT2D eigenvalue weighted by atomic mass is 16.1. The maximum absolute atomic E-state index is 10.7. The molecule has 0 saturated heterocycles. The summed E-state index contributed by atoms with van der Waals surface area (Å²) in [4.78, 5) is 10.7. The number of rotatable bonds is 4. The van der Waals surface area contributed by atoms with Crippen LogP contribution in [-0.2, 0) is 4.79 Å². The van der Waals surface area contributed by atoms with Crippen LogP contribution in [0, 0.1) is 0 Å². The Balaban J connectivity index is 3.26. The normalized spacial score (nSPS) is 12.7. The van der Waals surface area contributed by atoms with Crippen LogP contribution in [0.2, 0.25) is 0 Å². The first-order chi connectivity index (χ1) is 4.70. The summed E-state index contributed by atoms with van der Waals surface area (Å²) < 4.78 is 0. The number of hydrogen-bond acceptors (Lipinski definition) is 2. The number of nitrogens with one attached hydrogen (secondary N) is 2. The summed E-state index contributed by atoms with van der Waals surface area (Å²) in [6.07, 6.45) is 0.566. The molecule has 1 atom stereocenters. The molecule has 0 aliphatic rings. The van der Waals surface area contributed by atoms with E-state index in [0.717, 1.165) is 0 Å². The molecular weight excluding hydrogens is 128 g/mol. The molecule has 0 unspecified atom stereocenters. The van der Waals surface area contributed by atoms with Crippen LogP contribution in [0.4, 0.5) is 0 Å². The van der Waals surface area contributed by atoms with Crippen LogP contribution in [0.15, 0.2) is 0 Å². The van der Waals surface area contributed by atoms with Crippen LogP contribution in [0.25, 0.3) is 0 Å². The van der Waals surface area contributed by atoms with Crippen molar-refractivity contribution in [2.45, 2.75) is 26.3 Å². The summed E-state index contributed by atoms with van der Waals surface area (Å²) in [5.41, 5.74) is 0. The number of carbonyl (C=O) groups excluding carboxylic acids is 1. The molecule has 10 heavy (non-hydrogen) atoms. The summed E-state index contributed by atoms with van der Waals surface area (Å²) in [5, 5.41) is 5.81. The Kier molecular flexibility index (Phi) is 4.94. The molecule has 60 valence electrons. The smallest absolute Gasteiger partial charge is 0.219 e. The molecular formula is C7H16N2O. The Bertz CT molecular complexity index is 104. The van der Waals surface area contributed by atoms with Gasteiger partial charge in [0.2, 0.25) is 5.91 Å². The lowest BCUT2D eigenvalue weighted by atomic mass is 10.3. The minimum Gasteiger partial charge on any atom is -0.355 e. The standard InChI is InChI=1S/C7H16N2O/c1-4-7(10)9-5-6(2)8-3/h6,8H,4-5H2,1-3H3,(H,9,10)/t6-/m0/s1. The molecule has 0 radical (unpaired) electrons. The van der Waals surface area contributed by atoms with Crippen LogP contribution in [0.3, 0.4) is 0 Å². The third kappa shape index (κ3) is 4.32. The highest BCUT2D eigenvalue weighted by Gasteiger charge is 1.99. The van der Waals surface area contributed by atoms with E-state index >= 15 is 0 Å². The maximum atomic E-state index is 10.7. The Morgan fingerprint density at radius 3 is 2.60 bits per heavy atom. The molecule has 3 heteroatoms. The molecule has 1 amide bonds. The lowest BCUT2D eigenvalue weighted by Gasteiger charge is -2.09. The third-order valence-corrected chi connectivity index (χ3v) is 1.42. The fraction of sp³-hybridized carbons (Fsp3) is 0.857. The van der Waals surface area contributed by atoms with Gasteiger partial charge in [0.15, 0.2) is 0 Å². The largest absolute Gasteiger partial charge is 0.355 e. The molecule has 0 fully saturated rings. The second kappa shape index (κ2) is 5.23. The highest BCUT2D eigenvalue weighted by Crippen LogP contribution is 1.78. The van der Waals surface area contributed by atoms with E-state index in [1.54, 1.807) is 0 Å². The Labute approximate surface area is 62.2 Å². The van der Waals surface area contributed by atoms with Crippen molar-refractivity contribution >= 4 is 5.91 Å². The summed E-state index contributed by atoms with van der Waals surface area (Å²) in [7, 11) is 1.88. The van der Waals surface area contributed by atoms with E-state index < -0.39 is 0 Å². The zero-order valence-electron chi connectivity index (χ0n) is 6.90. The van der Waals surface area contributed by atoms with Crippen molar-refractivity contribution in [2.24, 2.45) is 0 Å². The second-order valence-corrected chi connectivity index (χ2v) is 2.35. The summed E-state index contributed by atoms with van der Waals surface area (Å²) in [5.74, 6) is 0.113. The van der Waals surface area contributed by atoms with Crippen molar-refractivity contribution < 1.29 is 4.79 Å². The number of hydrogen-bond donors (Lipinski definition) is 2. The predicted molar refractivity (Wildman–Crippen MR) is 41.8 cm³/mol. The number of likely N-dealkylation sites (N-methyl/N-ethyl adjacent to an activating group) is 1. The SMILES string of the molecule is CCC(=O)NC[C@H](C)NC. The molecule has 0 rings (SSSR count). The van der Waals surface area contributed by atoms with Crippen LogP contribution in [-0.4, -0.2) is 25.5 Å². The molecule has 0 heterocycles. The van der Waals surface area contributed by atoms with Crippen LogP contribution >= 0.6 is 0 Å². The van der Waals surface area contributed by atoms with Crippen LogP contribution < -0.4 is 10.6 Å². The Morgan fingerprint density at radius 1 is 1.60 bits per heavy atom. The molecule has 0 spiro atoms. The van der Waals surface area contributed by atoms with Crippen molar-refractivity contribution in [1.29, 1.82) is 0 Å². The molecule has 0 aromatic heterocycles. The van der Waals surface area contributed by atoms with Crippen LogP contribution in [0.1, 0.15) is 20.3 Å². The molecule has 3 nitrogen and oxygen atoms in total. The number of carbonyl (C=O) groups is 1. The summed E-state index contributed by atoms with van der Waals surface area (Å²) in [6.45, 7) is 4.58. The molecule has 0 aromatic carbocycles. The first kappa shape index (κ1) is 9.43. The van der Waals surface area contributed by atoms with Gasteiger partial charge in [-0.1, -0.05) is 6.92 Å². The van der Waals surface area contributed by atoms with Gasteiger partial charge in [-0.15, -0.1) is 0 Å². The lowest BCUT2D eigenvalue weighted by molar-refractivity contribution is -0.120. The lowest BCUT2D eigenvalue weighted by Crippen LogP contribution is -2.36. The fourth-order valence-corrected chi connectivity index (χ4v) is 0.494. The van der Waals surface area contributed by atoms with Gasteiger partial charge in [0.25, 0.3) is 0 Å². The molecule has 0 aliphatic heterocycles. The Hall–Kier alpha value is -0.570. The number of amides is 1. The minimum absolute atomic E-state index is 0.113. The molecule has 0 saturated carbocycles. The van der Waals surface area contributed by atoms with Gasteiger partial charge in [-0.25, -0.2) is 0 Å². The van der Waals surface area contributed by atoms with Crippen molar-refractivity contribution in [1.82, 2.24) is 10.6 Å².